The maximum Gasteiger partial charge on any atom is 0.262 e. The molecule has 1 saturated carbocycles. The van der Waals surface area contributed by atoms with Gasteiger partial charge in [0.1, 0.15) is 0 Å². The van der Waals surface area contributed by atoms with Crippen LogP contribution in [0.1, 0.15) is 52.0 Å². The summed E-state index contributed by atoms with van der Waals surface area (Å²) in [5.74, 6) is 0.313. The molecule has 3 rings (SSSR count). The summed E-state index contributed by atoms with van der Waals surface area (Å²) in [7, 11) is 0. The second kappa shape index (κ2) is 8.04. The van der Waals surface area contributed by atoms with Crippen molar-refractivity contribution in [1.29, 1.82) is 0 Å². The number of carbonyl (C=O) groups excluding carboxylic acids is 1. The van der Waals surface area contributed by atoms with Gasteiger partial charge in [-0.15, -0.1) is 0 Å². The number of rotatable bonds is 6. The molecule has 2 aromatic rings. The molecule has 0 saturated heterocycles. The Labute approximate surface area is 152 Å². The number of aromatic nitrogens is 2. The van der Waals surface area contributed by atoms with Crippen molar-refractivity contribution < 1.29 is 4.79 Å². The third-order valence-corrected chi connectivity index (χ3v) is 5.81. The summed E-state index contributed by atoms with van der Waals surface area (Å²) < 4.78 is 1.73. The van der Waals surface area contributed by atoms with E-state index in [-0.39, 0.29) is 23.3 Å². The normalized spacial score (nSPS) is 16.2. The largest absolute Gasteiger partial charge is 0.353 e. The van der Waals surface area contributed by atoms with E-state index >= 15 is 0 Å². The van der Waals surface area contributed by atoms with Crippen molar-refractivity contribution in [3.05, 3.63) is 34.6 Å². The fourth-order valence-electron chi connectivity index (χ4n) is 3.27. The summed E-state index contributed by atoms with van der Waals surface area (Å²) in [5, 5.41) is 4.34. The van der Waals surface area contributed by atoms with E-state index in [0.717, 1.165) is 19.3 Å². The Balaban J connectivity index is 1.83. The monoisotopic (exact) mass is 359 g/mol. The Morgan fingerprint density at radius 3 is 2.80 bits per heavy atom. The van der Waals surface area contributed by atoms with Gasteiger partial charge in [0.25, 0.3) is 5.56 Å². The van der Waals surface area contributed by atoms with Crippen molar-refractivity contribution in [2.45, 2.75) is 63.2 Å². The number of nitrogens with one attached hydrogen (secondary N) is 1. The number of amides is 1. The van der Waals surface area contributed by atoms with E-state index in [0.29, 0.717) is 22.1 Å². The Hall–Kier alpha value is -1.82. The van der Waals surface area contributed by atoms with Gasteiger partial charge in [-0.2, -0.15) is 0 Å². The SMILES string of the molecule is CC[C@@H](C)n1c(SCC(=O)NC2CCCC2)nc2ccccc2c1=O. The van der Waals surface area contributed by atoms with Crippen molar-refractivity contribution in [2.75, 3.05) is 5.75 Å². The van der Waals surface area contributed by atoms with E-state index in [1.807, 2.05) is 38.1 Å². The fourth-order valence-corrected chi connectivity index (χ4v) is 4.18. The van der Waals surface area contributed by atoms with Crippen LogP contribution in [0, 0.1) is 0 Å². The molecular formula is C19H25N3O2S. The third kappa shape index (κ3) is 4.06. The highest BCUT2D eigenvalue weighted by Crippen LogP contribution is 2.23. The highest BCUT2D eigenvalue weighted by atomic mass is 32.2. The predicted molar refractivity (Wildman–Crippen MR) is 102 cm³/mol. The standard InChI is InChI=1S/C19H25N3O2S/c1-3-13(2)22-18(24)15-10-6-7-11-16(15)21-19(22)25-12-17(23)20-14-8-4-5-9-14/h6-7,10-11,13-14H,3-5,8-9,12H2,1-2H3,(H,20,23)/t13-/m1/s1. The molecule has 0 unspecified atom stereocenters. The number of hydrogen-bond acceptors (Lipinski definition) is 4. The summed E-state index contributed by atoms with van der Waals surface area (Å²) in [4.78, 5) is 29.8. The molecule has 1 heterocycles. The first kappa shape index (κ1) is 18.0. The number of carbonyl (C=O) groups is 1. The molecule has 1 amide bonds. The fraction of sp³-hybridized carbons (Fsp3) is 0.526. The number of nitrogens with zero attached hydrogens (tertiary/aromatic N) is 2. The van der Waals surface area contributed by atoms with E-state index < -0.39 is 0 Å². The summed E-state index contributed by atoms with van der Waals surface area (Å²) in [6.45, 7) is 4.06. The molecule has 1 aliphatic carbocycles. The first-order valence-electron chi connectivity index (χ1n) is 9.03. The van der Waals surface area contributed by atoms with Crippen molar-refractivity contribution in [2.24, 2.45) is 0 Å². The Bertz CT molecular complexity index is 812. The average molecular weight is 359 g/mol. The number of thioether (sulfide) groups is 1. The van der Waals surface area contributed by atoms with Gasteiger partial charge in [-0.1, -0.05) is 43.7 Å². The maximum absolute atomic E-state index is 12.9. The topological polar surface area (TPSA) is 64.0 Å². The predicted octanol–water partition coefficient (Wildman–Crippen LogP) is 3.52. The molecule has 1 aromatic carbocycles. The van der Waals surface area contributed by atoms with Crippen LogP contribution in [-0.4, -0.2) is 27.3 Å². The lowest BCUT2D eigenvalue weighted by Gasteiger charge is -2.18. The van der Waals surface area contributed by atoms with Crippen molar-refractivity contribution in [3.8, 4) is 0 Å². The zero-order chi connectivity index (χ0) is 17.8. The highest BCUT2D eigenvalue weighted by molar-refractivity contribution is 7.99. The molecule has 25 heavy (non-hydrogen) atoms. The van der Waals surface area contributed by atoms with E-state index in [1.54, 1.807) is 4.57 Å². The lowest BCUT2D eigenvalue weighted by molar-refractivity contribution is -0.119. The Morgan fingerprint density at radius 2 is 2.08 bits per heavy atom. The molecule has 0 radical (unpaired) electrons. The minimum atomic E-state index is -0.0290. The number of benzene rings is 1. The van der Waals surface area contributed by atoms with Crippen molar-refractivity contribution in [1.82, 2.24) is 14.9 Å². The first-order chi connectivity index (χ1) is 12.1. The van der Waals surface area contributed by atoms with E-state index in [4.69, 9.17) is 0 Å². The van der Waals surface area contributed by atoms with Crippen molar-refractivity contribution >= 4 is 28.6 Å². The smallest absolute Gasteiger partial charge is 0.262 e. The van der Waals surface area contributed by atoms with Gasteiger partial charge in [0.15, 0.2) is 5.16 Å². The summed E-state index contributed by atoms with van der Waals surface area (Å²) >= 11 is 1.35. The Kier molecular flexibility index (Phi) is 5.78. The van der Waals surface area contributed by atoms with E-state index in [2.05, 4.69) is 10.3 Å². The van der Waals surface area contributed by atoms with Gasteiger partial charge >= 0.3 is 0 Å². The van der Waals surface area contributed by atoms with Gasteiger partial charge in [0, 0.05) is 12.1 Å². The lowest BCUT2D eigenvalue weighted by atomic mass is 10.2. The van der Waals surface area contributed by atoms with Crippen LogP contribution in [0.3, 0.4) is 0 Å². The second-order valence-corrected chi connectivity index (χ2v) is 7.62. The molecule has 1 atom stereocenters. The zero-order valence-electron chi connectivity index (χ0n) is 14.8. The van der Waals surface area contributed by atoms with Crippen LogP contribution in [-0.2, 0) is 4.79 Å². The second-order valence-electron chi connectivity index (χ2n) is 6.68. The first-order valence-corrected chi connectivity index (χ1v) is 10.0. The minimum Gasteiger partial charge on any atom is -0.353 e. The number of fused-ring (bicyclic) bond motifs is 1. The molecule has 1 aromatic heterocycles. The molecule has 0 bridgehead atoms. The van der Waals surface area contributed by atoms with Gasteiger partial charge in [0.05, 0.1) is 16.7 Å². The summed E-state index contributed by atoms with van der Waals surface area (Å²) in [6.07, 6.45) is 5.36. The summed E-state index contributed by atoms with van der Waals surface area (Å²) in [6, 6.07) is 7.75. The van der Waals surface area contributed by atoms with Crippen LogP contribution in [0.5, 0.6) is 0 Å². The van der Waals surface area contributed by atoms with Crippen LogP contribution in [0.4, 0.5) is 0 Å². The number of hydrogen-bond donors (Lipinski definition) is 1. The van der Waals surface area contributed by atoms with E-state index in [1.165, 1.54) is 24.6 Å². The number of para-hydroxylation sites is 1. The zero-order valence-corrected chi connectivity index (χ0v) is 15.6. The van der Waals surface area contributed by atoms with Crippen LogP contribution >= 0.6 is 11.8 Å². The van der Waals surface area contributed by atoms with Gasteiger partial charge in [0.2, 0.25) is 5.91 Å². The molecule has 5 nitrogen and oxygen atoms in total. The molecule has 1 aliphatic rings. The van der Waals surface area contributed by atoms with Gasteiger partial charge in [-0.25, -0.2) is 4.98 Å². The summed E-state index contributed by atoms with van der Waals surface area (Å²) in [5.41, 5.74) is 0.657. The maximum atomic E-state index is 12.9. The van der Waals surface area contributed by atoms with E-state index in [9.17, 15) is 9.59 Å². The van der Waals surface area contributed by atoms with Gasteiger partial charge in [-0.05, 0) is 38.3 Å². The van der Waals surface area contributed by atoms with Crippen LogP contribution in [0.25, 0.3) is 10.9 Å². The molecule has 6 heteroatoms. The highest BCUT2D eigenvalue weighted by Gasteiger charge is 2.19. The van der Waals surface area contributed by atoms with Crippen LogP contribution in [0.15, 0.2) is 34.2 Å². The minimum absolute atomic E-state index is 0.0232. The molecular weight excluding hydrogens is 334 g/mol. The quantitative estimate of drug-likeness (QED) is 0.633. The van der Waals surface area contributed by atoms with Gasteiger partial charge < -0.3 is 5.32 Å². The lowest BCUT2D eigenvalue weighted by Crippen LogP contribution is -2.34. The van der Waals surface area contributed by atoms with Gasteiger partial charge in [-0.3, -0.25) is 14.2 Å². The van der Waals surface area contributed by atoms with Crippen molar-refractivity contribution in [3.63, 3.8) is 0 Å². The molecule has 0 aliphatic heterocycles. The molecule has 134 valence electrons. The molecule has 1 fully saturated rings. The Morgan fingerprint density at radius 1 is 1.36 bits per heavy atom. The third-order valence-electron chi connectivity index (χ3n) is 4.86. The van der Waals surface area contributed by atoms with Crippen LogP contribution < -0.4 is 10.9 Å². The van der Waals surface area contributed by atoms with Crippen LogP contribution in [0.2, 0.25) is 0 Å². The molecule has 1 N–H and O–H groups in total. The molecule has 0 spiro atoms. The average Bonchev–Trinajstić information content (AvgIpc) is 3.12.